The largest absolute Gasteiger partial charge is 0.390 e. The molecular weight excluding hydrogens is 380 g/mol. The molecule has 152 valence electrons. The van der Waals surface area contributed by atoms with Crippen LogP contribution in [0.3, 0.4) is 0 Å². The third-order valence-corrected chi connectivity index (χ3v) is 5.10. The average Bonchev–Trinajstić information content (AvgIpc) is 3.09. The van der Waals surface area contributed by atoms with Gasteiger partial charge in [0.25, 0.3) is 5.91 Å². The molecule has 7 heteroatoms. The molecule has 30 heavy (non-hydrogen) atoms. The van der Waals surface area contributed by atoms with Crippen LogP contribution in [0.4, 0.5) is 10.5 Å². The van der Waals surface area contributed by atoms with Gasteiger partial charge in [-0.2, -0.15) is 0 Å². The van der Waals surface area contributed by atoms with Crippen molar-refractivity contribution in [3.63, 3.8) is 0 Å². The van der Waals surface area contributed by atoms with Crippen LogP contribution in [0, 0.1) is 0 Å². The lowest BCUT2D eigenvalue weighted by atomic mass is 10.1. The number of nitrogens with zero attached hydrogens (tertiary/aromatic N) is 1. The number of hydrogen-bond donors (Lipinski definition) is 4. The summed E-state index contributed by atoms with van der Waals surface area (Å²) in [6, 6.07) is 17.5. The summed E-state index contributed by atoms with van der Waals surface area (Å²) in [5.74, 6) is -0.210. The monoisotopic (exact) mass is 402 g/mol. The quantitative estimate of drug-likeness (QED) is 0.527. The topological polar surface area (TPSA) is 103 Å². The third-order valence-electron chi connectivity index (χ3n) is 5.10. The van der Waals surface area contributed by atoms with Crippen LogP contribution in [0.5, 0.6) is 0 Å². The Morgan fingerprint density at radius 1 is 1.00 bits per heavy atom. The molecule has 7 nitrogen and oxygen atoms in total. The standard InChI is InChI=1S/C23H22N4O3/c28-20-13-17-3-1-2-4-19(17)21(20)27-23(30)25-14-15-5-7-18(8-6-15)26-22(29)16-9-11-24-12-10-16/h1-12,20-21,28H,13-14H2,(H,26,29)(H2,25,27,30)/t20-,21+/m1/s1. The van der Waals surface area contributed by atoms with Gasteiger partial charge < -0.3 is 21.1 Å². The predicted molar refractivity (Wildman–Crippen MR) is 113 cm³/mol. The minimum absolute atomic E-state index is 0.210. The van der Waals surface area contributed by atoms with E-state index in [-0.39, 0.29) is 11.9 Å². The minimum atomic E-state index is -0.628. The molecule has 4 rings (SSSR count). The van der Waals surface area contributed by atoms with E-state index < -0.39 is 12.1 Å². The van der Waals surface area contributed by atoms with Crippen molar-refractivity contribution in [2.45, 2.75) is 25.1 Å². The molecule has 0 fully saturated rings. The highest BCUT2D eigenvalue weighted by Gasteiger charge is 2.31. The molecule has 0 spiro atoms. The number of nitrogens with one attached hydrogen (secondary N) is 3. The maximum Gasteiger partial charge on any atom is 0.315 e. The number of carbonyl (C=O) groups excluding carboxylic acids is 2. The smallest absolute Gasteiger partial charge is 0.315 e. The van der Waals surface area contributed by atoms with Crippen molar-refractivity contribution < 1.29 is 14.7 Å². The number of hydrogen-bond acceptors (Lipinski definition) is 4. The van der Waals surface area contributed by atoms with E-state index in [1.54, 1.807) is 36.7 Å². The fourth-order valence-electron chi connectivity index (χ4n) is 3.53. The first-order chi connectivity index (χ1) is 14.6. The Kier molecular flexibility index (Phi) is 5.72. The number of anilines is 1. The number of benzene rings is 2. The summed E-state index contributed by atoms with van der Waals surface area (Å²) in [6.45, 7) is 0.328. The van der Waals surface area contributed by atoms with E-state index in [1.165, 1.54) is 0 Å². The lowest BCUT2D eigenvalue weighted by molar-refractivity contribution is 0.102. The molecular formula is C23H22N4O3. The maximum atomic E-state index is 12.3. The second-order valence-corrected chi connectivity index (χ2v) is 7.16. The van der Waals surface area contributed by atoms with Crippen molar-refractivity contribution in [2.24, 2.45) is 0 Å². The molecule has 1 aromatic heterocycles. The molecule has 1 aliphatic rings. The maximum absolute atomic E-state index is 12.3. The van der Waals surface area contributed by atoms with Gasteiger partial charge in [-0.3, -0.25) is 9.78 Å². The van der Waals surface area contributed by atoms with Gasteiger partial charge in [0.1, 0.15) is 0 Å². The van der Waals surface area contributed by atoms with E-state index in [4.69, 9.17) is 0 Å². The Labute approximate surface area is 174 Å². The van der Waals surface area contributed by atoms with Gasteiger partial charge in [0.2, 0.25) is 0 Å². The van der Waals surface area contributed by atoms with E-state index in [0.29, 0.717) is 24.2 Å². The molecule has 4 N–H and O–H groups in total. The Morgan fingerprint density at radius 3 is 2.50 bits per heavy atom. The molecule has 0 bridgehead atoms. The molecule has 3 aromatic rings. The molecule has 0 saturated carbocycles. The average molecular weight is 402 g/mol. The fraction of sp³-hybridized carbons (Fsp3) is 0.174. The van der Waals surface area contributed by atoms with Crippen LogP contribution in [-0.2, 0) is 13.0 Å². The first-order valence-corrected chi connectivity index (χ1v) is 9.71. The molecule has 3 amide bonds. The van der Waals surface area contributed by atoms with E-state index in [9.17, 15) is 14.7 Å². The number of rotatable bonds is 5. The van der Waals surface area contributed by atoms with Gasteiger partial charge in [0.15, 0.2) is 0 Å². The van der Waals surface area contributed by atoms with Crippen molar-refractivity contribution in [2.75, 3.05) is 5.32 Å². The number of carbonyl (C=O) groups is 2. The van der Waals surface area contributed by atoms with Crippen LogP contribution in [0.25, 0.3) is 0 Å². The lowest BCUT2D eigenvalue weighted by Crippen LogP contribution is -2.40. The van der Waals surface area contributed by atoms with Gasteiger partial charge >= 0.3 is 6.03 Å². The zero-order chi connectivity index (χ0) is 20.9. The Hall–Kier alpha value is -3.71. The minimum Gasteiger partial charge on any atom is -0.390 e. The van der Waals surface area contributed by atoms with E-state index in [0.717, 1.165) is 16.7 Å². The summed E-state index contributed by atoms with van der Waals surface area (Å²) >= 11 is 0. The molecule has 0 saturated heterocycles. The molecule has 2 atom stereocenters. The highest BCUT2D eigenvalue weighted by Crippen LogP contribution is 2.31. The lowest BCUT2D eigenvalue weighted by Gasteiger charge is -2.18. The van der Waals surface area contributed by atoms with Gasteiger partial charge in [-0.25, -0.2) is 4.79 Å². The molecule has 0 aliphatic heterocycles. The zero-order valence-corrected chi connectivity index (χ0v) is 16.2. The number of aliphatic hydroxyl groups excluding tert-OH is 1. The summed E-state index contributed by atoms with van der Waals surface area (Å²) in [4.78, 5) is 28.4. The van der Waals surface area contributed by atoms with Crippen molar-refractivity contribution in [1.29, 1.82) is 0 Å². The molecule has 2 aromatic carbocycles. The first kappa shape index (κ1) is 19.6. The highest BCUT2D eigenvalue weighted by atomic mass is 16.3. The number of aliphatic hydroxyl groups is 1. The third kappa shape index (κ3) is 4.47. The van der Waals surface area contributed by atoms with Crippen molar-refractivity contribution in [3.05, 3.63) is 95.3 Å². The van der Waals surface area contributed by atoms with Gasteiger partial charge in [-0.15, -0.1) is 0 Å². The van der Waals surface area contributed by atoms with Crippen LogP contribution in [0.15, 0.2) is 73.1 Å². The Morgan fingerprint density at radius 2 is 1.73 bits per heavy atom. The molecule has 1 aliphatic carbocycles. The van der Waals surface area contributed by atoms with Crippen molar-refractivity contribution in [1.82, 2.24) is 15.6 Å². The number of urea groups is 1. The molecule has 1 heterocycles. The Balaban J connectivity index is 1.29. The summed E-state index contributed by atoms with van der Waals surface area (Å²) in [6.07, 6.45) is 3.04. The summed E-state index contributed by atoms with van der Waals surface area (Å²) < 4.78 is 0. The van der Waals surface area contributed by atoms with E-state index in [2.05, 4.69) is 20.9 Å². The van der Waals surface area contributed by atoms with Crippen LogP contribution in [0.1, 0.15) is 33.1 Å². The molecule has 0 radical (unpaired) electrons. The van der Waals surface area contributed by atoms with Crippen molar-refractivity contribution in [3.8, 4) is 0 Å². The second kappa shape index (κ2) is 8.75. The van der Waals surface area contributed by atoms with Crippen molar-refractivity contribution >= 4 is 17.6 Å². The molecule has 0 unspecified atom stereocenters. The number of fused-ring (bicyclic) bond motifs is 1. The van der Waals surface area contributed by atoms with Crippen LogP contribution >= 0.6 is 0 Å². The van der Waals surface area contributed by atoms with Crippen LogP contribution < -0.4 is 16.0 Å². The number of pyridine rings is 1. The first-order valence-electron chi connectivity index (χ1n) is 9.71. The fourth-order valence-corrected chi connectivity index (χ4v) is 3.53. The van der Waals surface area contributed by atoms with Crippen LogP contribution in [-0.4, -0.2) is 28.1 Å². The summed E-state index contributed by atoms with van der Waals surface area (Å²) in [5.41, 5.74) is 4.09. The van der Waals surface area contributed by atoms with Crippen LogP contribution in [0.2, 0.25) is 0 Å². The van der Waals surface area contributed by atoms with Gasteiger partial charge in [-0.1, -0.05) is 36.4 Å². The van der Waals surface area contributed by atoms with E-state index in [1.807, 2.05) is 36.4 Å². The predicted octanol–water partition coefficient (Wildman–Crippen LogP) is 2.79. The zero-order valence-electron chi connectivity index (χ0n) is 16.2. The summed E-state index contributed by atoms with van der Waals surface area (Å²) in [7, 11) is 0. The summed E-state index contributed by atoms with van der Waals surface area (Å²) in [5, 5.41) is 18.7. The second-order valence-electron chi connectivity index (χ2n) is 7.16. The SMILES string of the molecule is O=C(NCc1ccc(NC(=O)c2ccncc2)cc1)N[C@H]1c2ccccc2C[C@H]1O. The normalized spacial score (nSPS) is 17.1. The van der Waals surface area contributed by atoms with Gasteiger partial charge in [0, 0.05) is 36.6 Å². The highest BCUT2D eigenvalue weighted by molar-refractivity contribution is 6.04. The number of aromatic nitrogens is 1. The van der Waals surface area contributed by atoms with Gasteiger partial charge in [0.05, 0.1) is 12.1 Å². The Bertz CT molecular complexity index is 1040. The number of amides is 3. The van der Waals surface area contributed by atoms with Gasteiger partial charge in [-0.05, 0) is 41.0 Å². The van der Waals surface area contributed by atoms with E-state index >= 15 is 0 Å².